The standard InChI is InChI=1S/C14H18N2O5S/c1-3-22(20,21)16-12-5-4-9(6-8(12)2)15-13(17)10-7-11(10)14(18)19/h4-6,10-11,16H,3,7H2,1-2H3,(H,15,17)(H,18,19). The third kappa shape index (κ3) is 3.76. The Hall–Kier alpha value is -2.09. The summed E-state index contributed by atoms with van der Waals surface area (Å²) < 4.78 is 25.5. The minimum atomic E-state index is -3.35. The van der Waals surface area contributed by atoms with Crippen LogP contribution in [0.25, 0.3) is 0 Å². The van der Waals surface area contributed by atoms with Crippen LogP contribution in [-0.4, -0.2) is 31.2 Å². The van der Waals surface area contributed by atoms with Crippen LogP contribution in [0.1, 0.15) is 18.9 Å². The van der Waals surface area contributed by atoms with Crippen LogP contribution in [0.4, 0.5) is 11.4 Å². The van der Waals surface area contributed by atoms with Gasteiger partial charge in [0.05, 0.1) is 23.3 Å². The first-order chi connectivity index (χ1) is 10.2. The highest BCUT2D eigenvalue weighted by Gasteiger charge is 2.48. The topological polar surface area (TPSA) is 113 Å². The van der Waals surface area contributed by atoms with Crippen molar-refractivity contribution in [3.05, 3.63) is 23.8 Å². The van der Waals surface area contributed by atoms with E-state index in [0.717, 1.165) is 0 Å². The van der Waals surface area contributed by atoms with E-state index in [4.69, 9.17) is 5.11 Å². The fourth-order valence-corrected chi connectivity index (χ4v) is 2.80. The quantitative estimate of drug-likeness (QED) is 0.732. The van der Waals surface area contributed by atoms with Crippen molar-refractivity contribution in [3.8, 4) is 0 Å². The molecule has 0 bridgehead atoms. The summed E-state index contributed by atoms with van der Waals surface area (Å²) in [6.07, 6.45) is 0.356. The molecule has 1 saturated carbocycles. The van der Waals surface area contributed by atoms with Crippen LogP contribution in [-0.2, 0) is 19.6 Å². The van der Waals surface area contributed by atoms with Gasteiger partial charge in [-0.15, -0.1) is 0 Å². The Kier molecular flexibility index (Phi) is 4.41. The summed E-state index contributed by atoms with van der Waals surface area (Å²) in [5.74, 6) is -2.40. The normalized spacial score (nSPS) is 20.3. The molecule has 2 atom stereocenters. The lowest BCUT2D eigenvalue weighted by Crippen LogP contribution is -2.17. The zero-order chi connectivity index (χ0) is 16.5. The monoisotopic (exact) mass is 326 g/mol. The van der Waals surface area contributed by atoms with E-state index in [-0.39, 0.29) is 11.7 Å². The first-order valence-corrected chi connectivity index (χ1v) is 8.53. The number of hydrogen-bond donors (Lipinski definition) is 3. The van der Waals surface area contributed by atoms with Crippen molar-refractivity contribution in [2.45, 2.75) is 20.3 Å². The van der Waals surface area contributed by atoms with Gasteiger partial charge in [0, 0.05) is 5.69 Å². The molecule has 8 heteroatoms. The van der Waals surface area contributed by atoms with E-state index in [0.29, 0.717) is 23.4 Å². The van der Waals surface area contributed by atoms with Crippen LogP contribution in [0, 0.1) is 18.8 Å². The van der Waals surface area contributed by atoms with Crippen LogP contribution < -0.4 is 10.0 Å². The zero-order valence-electron chi connectivity index (χ0n) is 12.3. The van der Waals surface area contributed by atoms with E-state index in [1.807, 2.05) is 0 Å². The number of rotatable bonds is 6. The van der Waals surface area contributed by atoms with Crippen molar-refractivity contribution in [2.24, 2.45) is 11.8 Å². The van der Waals surface area contributed by atoms with Crippen molar-refractivity contribution in [2.75, 3.05) is 15.8 Å². The molecule has 0 aromatic heterocycles. The third-order valence-electron chi connectivity index (χ3n) is 3.58. The molecule has 1 aliphatic rings. The molecular formula is C14H18N2O5S. The van der Waals surface area contributed by atoms with Gasteiger partial charge < -0.3 is 10.4 Å². The predicted octanol–water partition coefficient (Wildman–Crippen LogP) is 1.42. The van der Waals surface area contributed by atoms with E-state index in [9.17, 15) is 18.0 Å². The molecule has 3 N–H and O–H groups in total. The van der Waals surface area contributed by atoms with Crippen molar-refractivity contribution >= 4 is 33.3 Å². The number of carboxylic acid groups (broad SMARTS) is 1. The number of aliphatic carboxylic acids is 1. The van der Waals surface area contributed by atoms with E-state index in [2.05, 4.69) is 10.0 Å². The maximum Gasteiger partial charge on any atom is 0.307 e. The molecule has 120 valence electrons. The lowest BCUT2D eigenvalue weighted by atomic mass is 10.2. The van der Waals surface area contributed by atoms with Gasteiger partial charge >= 0.3 is 5.97 Å². The molecule has 0 radical (unpaired) electrons. The molecule has 7 nitrogen and oxygen atoms in total. The largest absolute Gasteiger partial charge is 0.481 e. The number of carbonyl (C=O) groups is 2. The number of anilines is 2. The summed E-state index contributed by atoms with van der Waals surface area (Å²) in [4.78, 5) is 22.6. The van der Waals surface area contributed by atoms with Crippen LogP contribution in [0.3, 0.4) is 0 Å². The summed E-state index contributed by atoms with van der Waals surface area (Å²) in [5.41, 5.74) is 1.63. The highest BCUT2D eigenvalue weighted by Crippen LogP contribution is 2.39. The van der Waals surface area contributed by atoms with Gasteiger partial charge in [-0.25, -0.2) is 8.42 Å². The van der Waals surface area contributed by atoms with Crippen molar-refractivity contribution in [3.63, 3.8) is 0 Å². The Bertz CT molecular complexity index is 714. The van der Waals surface area contributed by atoms with Crippen LogP contribution >= 0.6 is 0 Å². The van der Waals surface area contributed by atoms with E-state index in [1.54, 1.807) is 32.0 Å². The molecule has 1 aromatic carbocycles. The molecule has 2 rings (SSSR count). The minimum Gasteiger partial charge on any atom is -0.481 e. The Morgan fingerprint density at radius 3 is 2.50 bits per heavy atom. The van der Waals surface area contributed by atoms with Crippen LogP contribution in [0.15, 0.2) is 18.2 Å². The molecule has 1 aromatic rings. The second-order valence-corrected chi connectivity index (χ2v) is 7.32. The lowest BCUT2D eigenvalue weighted by Gasteiger charge is -2.11. The molecule has 0 heterocycles. The van der Waals surface area contributed by atoms with Crippen LogP contribution in [0.2, 0.25) is 0 Å². The molecule has 1 fully saturated rings. The number of nitrogens with one attached hydrogen (secondary N) is 2. The van der Waals surface area contributed by atoms with Gasteiger partial charge in [0.1, 0.15) is 0 Å². The average Bonchev–Trinajstić information content (AvgIpc) is 3.22. The Morgan fingerprint density at radius 2 is 2.00 bits per heavy atom. The smallest absolute Gasteiger partial charge is 0.307 e. The summed E-state index contributed by atoms with van der Waals surface area (Å²) in [5, 5.41) is 11.5. The summed E-state index contributed by atoms with van der Waals surface area (Å²) >= 11 is 0. The fraction of sp³-hybridized carbons (Fsp3) is 0.429. The second-order valence-electron chi connectivity index (χ2n) is 5.31. The molecule has 1 amide bonds. The first-order valence-electron chi connectivity index (χ1n) is 6.88. The number of hydrogen-bond acceptors (Lipinski definition) is 4. The molecule has 1 aliphatic carbocycles. The number of aryl methyl sites for hydroxylation is 1. The maximum absolute atomic E-state index is 11.9. The van der Waals surface area contributed by atoms with Crippen molar-refractivity contribution < 1.29 is 23.1 Å². The highest BCUT2D eigenvalue weighted by molar-refractivity contribution is 7.92. The van der Waals surface area contributed by atoms with Crippen molar-refractivity contribution in [1.29, 1.82) is 0 Å². The molecule has 0 spiro atoms. The number of carboxylic acids is 1. The molecule has 22 heavy (non-hydrogen) atoms. The van der Waals surface area contributed by atoms with Gasteiger partial charge in [-0.3, -0.25) is 14.3 Å². The van der Waals surface area contributed by atoms with Crippen molar-refractivity contribution in [1.82, 2.24) is 0 Å². The highest BCUT2D eigenvalue weighted by atomic mass is 32.2. The molecule has 0 saturated heterocycles. The maximum atomic E-state index is 11.9. The molecule has 2 unspecified atom stereocenters. The summed E-state index contributed by atoms with van der Waals surface area (Å²) in [6, 6.07) is 4.79. The number of amides is 1. The number of carbonyl (C=O) groups excluding carboxylic acids is 1. The molecular weight excluding hydrogens is 308 g/mol. The Morgan fingerprint density at radius 1 is 1.32 bits per heavy atom. The number of sulfonamides is 1. The zero-order valence-corrected chi connectivity index (χ0v) is 13.1. The third-order valence-corrected chi connectivity index (χ3v) is 4.87. The lowest BCUT2D eigenvalue weighted by molar-refractivity contribution is -0.139. The first kappa shape index (κ1) is 16.3. The van der Waals surface area contributed by atoms with E-state index >= 15 is 0 Å². The van der Waals surface area contributed by atoms with Gasteiger partial charge in [0.15, 0.2) is 0 Å². The molecule has 0 aliphatic heterocycles. The minimum absolute atomic E-state index is 0.0246. The SMILES string of the molecule is CCS(=O)(=O)Nc1ccc(NC(=O)C2CC2C(=O)O)cc1C. The predicted molar refractivity (Wildman–Crippen MR) is 82.1 cm³/mol. The van der Waals surface area contributed by atoms with Gasteiger partial charge in [0.25, 0.3) is 0 Å². The summed E-state index contributed by atoms with van der Waals surface area (Å²) in [6.45, 7) is 3.26. The van der Waals surface area contributed by atoms with E-state index in [1.165, 1.54) is 0 Å². The Balaban J connectivity index is 2.04. The van der Waals surface area contributed by atoms with E-state index < -0.39 is 27.8 Å². The summed E-state index contributed by atoms with van der Waals surface area (Å²) in [7, 11) is -3.35. The van der Waals surface area contributed by atoms with Gasteiger partial charge in [-0.2, -0.15) is 0 Å². The van der Waals surface area contributed by atoms with Gasteiger partial charge in [0.2, 0.25) is 15.9 Å². The fourth-order valence-electron chi connectivity index (χ4n) is 2.09. The average molecular weight is 326 g/mol. The Labute approximate surface area is 128 Å². The van der Waals surface area contributed by atoms with Gasteiger partial charge in [-0.1, -0.05) is 0 Å². The van der Waals surface area contributed by atoms with Crippen LogP contribution in [0.5, 0.6) is 0 Å². The second kappa shape index (κ2) is 5.96. The van der Waals surface area contributed by atoms with Gasteiger partial charge in [-0.05, 0) is 44.0 Å². The number of benzene rings is 1.